The van der Waals surface area contributed by atoms with Crippen LogP contribution in [0, 0.1) is 0 Å². The van der Waals surface area contributed by atoms with Crippen LogP contribution >= 0.6 is 0 Å². The van der Waals surface area contributed by atoms with E-state index < -0.39 is 30.6 Å². The van der Waals surface area contributed by atoms with E-state index in [1.165, 1.54) is 17.0 Å². The fourth-order valence-corrected chi connectivity index (χ4v) is 3.20. The summed E-state index contributed by atoms with van der Waals surface area (Å²) in [5.74, 6) is 0. The van der Waals surface area contributed by atoms with Crippen molar-refractivity contribution in [1.29, 1.82) is 0 Å². The van der Waals surface area contributed by atoms with Crippen molar-refractivity contribution in [2.75, 3.05) is 6.54 Å². The van der Waals surface area contributed by atoms with Crippen molar-refractivity contribution < 1.29 is 31.4 Å². The maximum Gasteiger partial charge on any atom is 0.416 e. The van der Waals surface area contributed by atoms with Crippen LogP contribution in [-0.4, -0.2) is 34.9 Å². The zero-order valence-corrected chi connectivity index (χ0v) is 13.6. The standard InChI is InChI=1S/C17H21F6NO/c18-16(19,20)13-6-4-5-12(9-13)10-24(11-15(25)17(21,22)23)14-7-2-1-3-8-14/h4-6,9,14-15,25H,1-3,7-8,10-11H2. The lowest BCUT2D eigenvalue weighted by molar-refractivity contribution is -0.210. The quantitative estimate of drug-likeness (QED) is 0.757. The van der Waals surface area contributed by atoms with Crippen molar-refractivity contribution in [3.05, 3.63) is 35.4 Å². The Labute approximate surface area is 142 Å². The number of aliphatic hydroxyl groups excluding tert-OH is 1. The molecular weight excluding hydrogens is 348 g/mol. The van der Waals surface area contributed by atoms with Crippen molar-refractivity contribution in [1.82, 2.24) is 4.90 Å². The van der Waals surface area contributed by atoms with Gasteiger partial charge in [-0.25, -0.2) is 0 Å². The molecule has 1 aliphatic rings. The average Bonchev–Trinajstić information content (AvgIpc) is 2.53. The molecule has 0 heterocycles. The monoisotopic (exact) mass is 369 g/mol. The third kappa shape index (κ3) is 5.88. The Morgan fingerprint density at radius 3 is 2.24 bits per heavy atom. The molecule has 1 N–H and O–H groups in total. The van der Waals surface area contributed by atoms with Crippen LogP contribution in [0.15, 0.2) is 24.3 Å². The van der Waals surface area contributed by atoms with Crippen molar-refractivity contribution in [2.45, 2.75) is 63.1 Å². The molecule has 0 bridgehead atoms. The van der Waals surface area contributed by atoms with Gasteiger partial charge in [-0.15, -0.1) is 0 Å². The lowest BCUT2D eigenvalue weighted by Crippen LogP contribution is -2.45. The molecule has 2 rings (SSSR count). The summed E-state index contributed by atoms with van der Waals surface area (Å²) in [6, 6.07) is 4.43. The molecule has 0 aliphatic heterocycles. The van der Waals surface area contributed by atoms with Crippen LogP contribution in [0.4, 0.5) is 26.3 Å². The van der Waals surface area contributed by atoms with Gasteiger partial charge in [0, 0.05) is 19.1 Å². The van der Waals surface area contributed by atoms with Gasteiger partial charge in [-0.05, 0) is 24.5 Å². The van der Waals surface area contributed by atoms with E-state index in [4.69, 9.17) is 0 Å². The first-order valence-corrected chi connectivity index (χ1v) is 8.22. The summed E-state index contributed by atoms with van der Waals surface area (Å²) in [4.78, 5) is 1.47. The van der Waals surface area contributed by atoms with Crippen molar-refractivity contribution in [2.24, 2.45) is 0 Å². The van der Waals surface area contributed by atoms with E-state index in [0.717, 1.165) is 31.4 Å². The molecule has 2 nitrogen and oxygen atoms in total. The molecule has 1 saturated carbocycles. The second-order valence-electron chi connectivity index (χ2n) is 6.48. The van der Waals surface area contributed by atoms with Crippen LogP contribution < -0.4 is 0 Å². The summed E-state index contributed by atoms with van der Waals surface area (Å²) in [6.45, 7) is -0.688. The first kappa shape index (κ1) is 20.0. The van der Waals surface area contributed by atoms with Crippen LogP contribution in [0.2, 0.25) is 0 Å². The topological polar surface area (TPSA) is 23.5 Å². The third-order valence-electron chi connectivity index (χ3n) is 4.52. The first-order valence-electron chi connectivity index (χ1n) is 8.22. The molecule has 0 spiro atoms. The van der Waals surface area contributed by atoms with Crippen LogP contribution in [-0.2, 0) is 12.7 Å². The molecule has 1 unspecified atom stereocenters. The lowest BCUT2D eigenvalue weighted by atomic mass is 9.93. The molecule has 0 saturated heterocycles. The number of rotatable bonds is 5. The molecule has 1 fully saturated rings. The smallest absolute Gasteiger partial charge is 0.382 e. The van der Waals surface area contributed by atoms with Crippen molar-refractivity contribution in [3.63, 3.8) is 0 Å². The van der Waals surface area contributed by atoms with E-state index >= 15 is 0 Å². The summed E-state index contributed by atoms with van der Waals surface area (Å²) in [7, 11) is 0. The van der Waals surface area contributed by atoms with Crippen molar-refractivity contribution in [3.8, 4) is 0 Å². The van der Waals surface area contributed by atoms with E-state index in [1.54, 1.807) is 0 Å². The van der Waals surface area contributed by atoms with Gasteiger partial charge in [0.05, 0.1) is 5.56 Å². The highest BCUT2D eigenvalue weighted by Crippen LogP contribution is 2.31. The number of aliphatic hydroxyl groups is 1. The van der Waals surface area contributed by atoms with Gasteiger partial charge in [0.15, 0.2) is 6.10 Å². The minimum absolute atomic E-state index is 0.0538. The number of nitrogens with zero attached hydrogens (tertiary/aromatic N) is 1. The van der Waals surface area contributed by atoms with Crippen LogP contribution in [0.5, 0.6) is 0 Å². The molecule has 1 aliphatic carbocycles. The number of alkyl halides is 6. The summed E-state index contributed by atoms with van der Waals surface area (Å²) >= 11 is 0. The first-order chi connectivity index (χ1) is 11.6. The lowest BCUT2D eigenvalue weighted by Gasteiger charge is -2.36. The maximum absolute atomic E-state index is 12.8. The van der Waals surface area contributed by atoms with E-state index in [-0.39, 0.29) is 18.2 Å². The normalized spacial score (nSPS) is 18.6. The number of benzene rings is 1. The predicted molar refractivity (Wildman–Crippen MR) is 80.8 cm³/mol. The van der Waals surface area contributed by atoms with Crippen molar-refractivity contribution >= 4 is 0 Å². The summed E-state index contributed by atoms with van der Waals surface area (Å²) in [5, 5.41) is 9.40. The van der Waals surface area contributed by atoms with Gasteiger partial charge in [-0.1, -0.05) is 37.5 Å². The minimum atomic E-state index is -4.75. The molecule has 1 aromatic rings. The minimum Gasteiger partial charge on any atom is -0.382 e. The second-order valence-corrected chi connectivity index (χ2v) is 6.48. The SMILES string of the molecule is OC(CN(Cc1cccc(C(F)(F)F)c1)C1CCCCC1)C(F)(F)F. The van der Waals surface area contributed by atoms with Crippen LogP contribution in [0.3, 0.4) is 0 Å². The molecule has 142 valence electrons. The van der Waals surface area contributed by atoms with Gasteiger partial charge in [-0.2, -0.15) is 26.3 Å². The number of hydrogen-bond donors (Lipinski definition) is 1. The predicted octanol–water partition coefficient (Wildman–Crippen LogP) is 4.76. The fraction of sp³-hybridized carbons (Fsp3) is 0.647. The Morgan fingerprint density at radius 1 is 1.04 bits per heavy atom. The molecule has 1 aromatic carbocycles. The Kier molecular flexibility index (Phi) is 6.37. The number of halogens is 6. The Balaban J connectivity index is 2.17. The van der Waals surface area contributed by atoms with Gasteiger partial charge >= 0.3 is 12.4 Å². The molecule has 8 heteroatoms. The summed E-state index contributed by atoms with van der Waals surface area (Å²) in [5.41, 5.74) is -0.542. The Bertz CT molecular complexity index is 551. The highest BCUT2D eigenvalue weighted by molar-refractivity contribution is 5.25. The Morgan fingerprint density at radius 2 is 1.68 bits per heavy atom. The zero-order chi connectivity index (χ0) is 18.7. The fourth-order valence-electron chi connectivity index (χ4n) is 3.20. The molecule has 0 radical (unpaired) electrons. The Hall–Kier alpha value is -1.28. The van der Waals surface area contributed by atoms with Gasteiger partial charge in [-0.3, -0.25) is 4.90 Å². The largest absolute Gasteiger partial charge is 0.416 e. The molecule has 25 heavy (non-hydrogen) atoms. The van der Waals surface area contributed by atoms with E-state index in [2.05, 4.69) is 0 Å². The van der Waals surface area contributed by atoms with E-state index in [9.17, 15) is 31.4 Å². The third-order valence-corrected chi connectivity index (χ3v) is 4.52. The number of hydrogen-bond acceptors (Lipinski definition) is 2. The summed E-state index contributed by atoms with van der Waals surface area (Å²) < 4.78 is 76.6. The zero-order valence-electron chi connectivity index (χ0n) is 13.6. The van der Waals surface area contributed by atoms with E-state index in [1.807, 2.05) is 0 Å². The van der Waals surface area contributed by atoms with Gasteiger partial charge in [0.1, 0.15) is 0 Å². The highest BCUT2D eigenvalue weighted by atomic mass is 19.4. The molecular formula is C17H21F6NO. The second kappa shape index (κ2) is 7.95. The van der Waals surface area contributed by atoms with Crippen LogP contribution in [0.1, 0.15) is 43.2 Å². The van der Waals surface area contributed by atoms with Gasteiger partial charge < -0.3 is 5.11 Å². The summed E-state index contributed by atoms with van der Waals surface area (Å²) in [6.07, 6.45) is -7.67. The molecule has 1 atom stereocenters. The van der Waals surface area contributed by atoms with Gasteiger partial charge in [0.2, 0.25) is 0 Å². The van der Waals surface area contributed by atoms with Crippen LogP contribution in [0.25, 0.3) is 0 Å². The highest BCUT2D eigenvalue weighted by Gasteiger charge is 2.40. The average molecular weight is 369 g/mol. The molecule has 0 aromatic heterocycles. The molecule has 0 amide bonds. The van der Waals surface area contributed by atoms with Gasteiger partial charge in [0.25, 0.3) is 0 Å². The van der Waals surface area contributed by atoms with E-state index in [0.29, 0.717) is 12.8 Å². The maximum atomic E-state index is 12.8.